The zero-order valence-corrected chi connectivity index (χ0v) is 28.7. The molecule has 2 aliphatic rings. The summed E-state index contributed by atoms with van der Waals surface area (Å²) < 4.78 is 7.17. The van der Waals surface area contributed by atoms with Crippen molar-refractivity contribution >= 4 is 80.7 Å². The number of carboxylic acids is 1. The number of aromatic hydroxyl groups is 1. The summed E-state index contributed by atoms with van der Waals surface area (Å²) in [5.74, 6) is -0.921. The first-order valence-electron chi connectivity index (χ1n) is 8.00. The topological polar surface area (TPSA) is 87.7 Å². The van der Waals surface area contributed by atoms with E-state index in [0.29, 0.717) is 31.0 Å². The van der Waals surface area contributed by atoms with Gasteiger partial charge >= 0.3 is 109 Å². The van der Waals surface area contributed by atoms with Crippen LogP contribution >= 0.6 is 63.7 Å². The third-order valence-corrected chi connectivity index (χ3v) is 7.10. The van der Waals surface area contributed by atoms with E-state index < -0.39 is 5.97 Å². The molecule has 2 aromatic rings. The van der Waals surface area contributed by atoms with Gasteiger partial charge in [-0.25, -0.2) is 4.79 Å². The Labute approximate surface area is 298 Å². The number of hydrogen-bond donors (Lipinski definition) is 2. The monoisotopic (exact) mass is 724 g/mol. The number of hydrogen-bond acceptors (Lipinski definition) is 4. The molecular weight excluding hydrogens is 718 g/mol. The van der Waals surface area contributed by atoms with Gasteiger partial charge in [0.1, 0.15) is 14.7 Å². The number of halogens is 4. The summed E-state index contributed by atoms with van der Waals surface area (Å²) in [7, 11) is 0. The van der Waals surface area contributed by atoms with Crippen LogP contribution in [0, 0.1) is 0 Å². The molecular formula is C20H10Br4K2O5. The van der Waals surface area contributed by atoms with Crippen LogP contribution in [0.5, 0.6) is 5.75 Å². The van der Waals surface area contributed by atoms with Crippen LogP contribution in [0.1, 0.15) is 13.2 Å². The summed E-state index contributed by atoms with van der Waals surface area (Å²) >= 11 is 13.2. The van der Waals surface area contributed by atoms with E-state index in [1.807, 2.05) is 0 Å². The molecule has 0 atom stereocenters. The molecule has 0 spiro atoms. The molecule has 1 heterocycles. The minimum absolute atomic E-state index is 0. The Kier molecular flexibility index (Phi) is 10.7. The Morgan fingerprint density at radius 2 is 1.58 bits per heavy atom. The van der Waals surface area contributed by atoms with Crippen LogP contribution in [0.4, 0.5) is 0 Å². The average molecular weight is 728 g/mol. The van der Waals surface area contributed by atoms with Gasteiger partial charge < -0.3 is 17.5 Å². The molecule has 11 heteroatoms. The zero-order chi connectivity index (χ0) is 21.0. The third-order valence-electron chi connectivity index (χ3n) is 4.45. The largest absolute Gasteiger partial charge is 1.00 e. The molecule has 150 valence electrons. The summed E-state index contributed by atoms with van der Waals surface area (Å²) in [6, 6.07) is 9.84. The fourth-order valence-corrected chi connectivity index (χ4v) is 5.57. The first-order chi connectivity index (χ1) is 13.7. The van der Waals surface area contributed by atoms with E-state index in [2.05, 4.69) is 63.7 Å². The predicted molar refractivity (Wildman–Crippen MR) is 126 cm³/mol. The summed E-state index contributed by atoms with van der Waals surface area (Å²) in [5, 5.41) is 20.6. The maximum atomic E-state index is 12.4. The van der Waals surface area contributed by atoms with Crippen LogP contribution in [-0.2, 0) is 0 Å². The van der Waals surface area contributed by atoms with E-state index in [1.54, 1.807) is 30.3 Å². The molecule has 0 aromatic heterocycles. The third kappa shape index (κ3) is 5.25. The van der Waals surface area contributed by atoms with Gasteiger partial charge in [-0.3, -0.25) is 4.79 Å². The van der Waals surface area contributed by atoms with Crippen LogP contribution in [-0.4, -0.2) is 16.2 Å². The SMILES string of the molecule is O=C(O)c1ccccc1-c1c2cc(Br)c(=O)c(Br)c-2oc2c(Br)c(O)c(Br)cc12.[H-].[H-].[K+].[K+]. The van der Waals surface area contributed by atoms with Gasteiger partial charge in [-0.05, 0) is 87.5 Å². The summed E-state index contributed by atoms with van der Waals surface area (Å²) in [4.78, 5) is 24.3. The van der Waals surface area contributed by atoms with E-state index in [9.17, 15) is 19.8 Å². The molecule has 1 aliphatic heterocycles. The maximum Gasteiger partial charge on any atom is 1.00 e. The molecule has 5 nitrogen and oxygen atoms in total. The number of phenols is 1. The van der Waals surface area contributed by atoms with E-state index in [-0.39, 0.29) is 143 Å². The Morgan fingerprint density at radius 3 is 2.23 bits per heavy atom. The average Bonchev–Trinajstić information content (AvgIpc) is 2.69. The molecule has 0 radical (unpaired) electrons. The quantitative estimate of drug-likeness (QED) is 0.240. The molecule has 0 saturated heterocycles. The summed E-state index contributed by atoms with van der Waals surface area (Å²) in [6.07, 6.45) is 0. The Bertz CT molecular complexity index is 1380. The van der Waals surface area contributed by atoms with Crippen molar-refractivity contribution in [2.75, 3.05) is 0 Å². The van der Waals surface area contributed by atoms with Gasteiger partial charge in [0, 0.05) is 16.5 Å². The number of aromatic carboxylic acids is 1. The molecule has 4 rings (SSSR count). The van der Waals surface area contributed by atoms with Crippen molar-refractivity contribution in [3.63, 3.8) is 0 Å². The van der Waals surface area contributed by atoms with E-state index in [0.717, 1.165) is 0 Å². The van der Waals surface area contributed by atoms with Gasteiger partial charge in [-0.15, -0.1) is 0 Å². The van der Waals surface area contributed by atoms with E-state index >= 15 is 0 Å². The second-order valence-corrected chi connectivity index (χ2v) is 9.40. The summed E-state index contributed by atoms with van der Waals surface area (Å²) in [5.41, 5.74) is 1.61. The van der Waals surface area contributed by atoms with Crippen molar-refractivity contribution in [2.24, 2.45) is 0 Å². The van der Waals surface area contributed by atoms with Gasteiger partial charge in [0.25, 0.3) is 0 Å². The van der Waals surface area contributed by atoms with Crippen molar-refractivity contribution in [3.8, 4) is 28.2 Å². The van der Waals surface area contributed by atoms with Crippen molar-refractivity contribution in [2.45, 2.75) is 0 Å². The Hall–Kier alpha value is 1.59. The van der Waals surface area contributed by atoms with Crippen molar-refractivity contribution in [1.82, 2.24) is 0 Å². The molecule has 0 amide bonds. The molecule has 1 aliphatic carbocycles. The fraction of sp³-hybridized carbons (Fsp3) is 0. The minimum Gasteiger partial charge on any atom is -1.00 e. The smallest absolute Gasteiger partial charge is 1.00 e. The van der Waals surface area contributed by atoms with Crippen LogP contribution in [0.2, 0.25) is 0 Å². The number of benzene rings is 3. The van der Waals surface area contributed by atoms with Gasteiger partial charge in [-0.2, -0.15) is 0 Å². The van der Waals surface area contributed by atoms with Gasteiger partial charge in [0.15, 0.2) is 11.3 Å². The standard InChI is InChI=1S/C20H8Br4O5.2K.2H/c21-11-5-9-13(7-3-1-2-4-8(7)20(27)28)10-6-12(22)17(26)15(24)19(10)29-18(9)14(23)16(11)25;;;;/h1-6,25H,(H,27,28);;;;/q;2*+1;2*-1. The van der Waals surface area contributed by atoms with Gasteiger partial charge in [-0.1, -0.05) is 18.2 Å². The minimum atomic E-state index is -1.09. The molecule has 2 aromatic carbocycles. The van der Waals surface area contributed by atoms with Gasteiger partial charge in [0.05, 0.1) is 14.5 Å². The maximum absolute atomic E-state index is 12.4. The molecule has 0 saturated carbocycles. The van der Waals surface area contributed by atoms with E-state index in [4.69, 9.17) is 4.42 Å². The van der Waals surface area contributed by atoms with Crippen LogP contribution in [0.3, 0.4) is 0 Å². The van der Waals surface area contributed by atoms with Crippen LogP contribution in [0.15, 0.2) is 63.5 Å². The number of carboxylic acid groups (broad SMARTS) is 1. The molecule has 0 fully saturated rings. The number of fused-ring (bicyclic) bond motifs is 2. The molecule has 0 unspecified atom stereocenters. The molecule has 31 heavy (non-hydrogen) atoms. The van der Waals surface area contributed by atoms with Crippen molar-refractivity contribution in [3.05, 3.63) is 70.1 Å². The predicted octanol–water partition coefficient (Wildman–Crippen LogP) is 1.25. The Morgan fingerprint density at radius 1 is 0.935 bits per heavy atom. The normalized spacial score (nSPS) is 10.6. The van der Waals surface area contributed by atoms with E-state index in [1.165, 1.54) is 6.07 Å². The number of phenolic OH excluding ortho intramolecular Hbond substituents is 1. The fourth-order valence-electron chi connectivity index (χ4n) is 3.17. The number of carbonyl (C=O) groups is 1. The zero-order valence-electron chi connectivity index (χ0n) is 18.1. The van der Waals surface area contributed by atoms with Crippen molar-refractivity contribution in [1.29, 1.82) is 0 Å². The number of rotatable bonds is 2. The van der Waals surface area contributed by atoms with Crippen LogP contribution in [0.25, 0.3) is 33.4 Å². The summed E-state index contributed by atoms with van der Waals surface area (Å²) in [6.45, 7) is 0. The van der Waals surface area contributed by atoms with Crippen molar-refractivity contribution < 1.29 is 125 Å². The second kappa shape index (κ2) is 11.6. The first kappa shape index (κ1) is 28.8. The van der Waals surface area contributed by atoms with Gasteiger partial charge in [0.2, 0.25) is 5.43 Å². The first-order valence-corrected chi connectivity index (χ1v) is 11.2. The molecule has 0 bridgehead atoms. The second-order valence-electron chi connectivity index (χ2n) is 6.10. The van der Waals surface area contributed by atoms with Crippen LogP contribution < -0.4 is 108 Å². The molecule has 2 N–H and O–H groups in total. The Balaban J connectivity index is 0.00000256.